The Morgan fingerprint density at radius 1 is 1.23 bits per heavy atom. The molecule has 2 N–H and O–H groups in total. The summed E-state index contributed by atoms with van der Waals surface area (Å²) in [6.45, 7) is 6.57. The second-order valence-corrected chi connectivity index (χ2v) is 8.00. The molecule has 1 aromatic heterocycles. The van der Waals surface area contributed by atoms with E-state index in [2.05, 4.69) is 17.6 Å². The van der Waals surface area contributed by atoms with Crippen molar-refractivity contribution in [2.24, 2.45) is 0 Å². The SMILES string of the molecule is CC(=O)c1c2c(nn1-c1ccc(CNC(=O)c3cc(F)ccc3C)cc1)C(C)CCN2. The molecular weight excluding hydrogens is 395 g/mol. The Kier molecular flexibility index (Phi) is 5.59. The predicted molar refractivity (Wildman–Crippen MR) is 117 cm³/mol. The number of ketones is 1. The summed E-state index contributed by atoms with van der Waals surface area (Å²) in [5.41, 5.74) is 5.02. The van der Waals surface area contributed by atoms with Crippen molar-refractivity contribution in [3.63, 3.8) is 0 Å². The van der Waals surface area contributed by atoms with Crippen molar-refractivity contribution in [3.05, 3.63) is 76.4 Å². The van der Waals surface area contributed by atoms with Crippen molar-refractivity contribution < 1.29 is 14.0 Å². The Hall–Kier alpha value is -3.48. The largest absolute Gasteiger partial charge is 0.382 e. The minimum atomic E-state index is -0.438. The van der Waals surface area contributed by atoms with Crippen LogP contribution in [0.15, 0.2) is 42.5 Å². The molecule has 0 saturated heterocycles. The second-order valence-electron chi connectivity index (χ2n) is 8.00. The van der Waals surface area contributed by atoms with E-state index >= 15 is 0 Å². The van der Waals surface area contributed by atoms with Gasteiger partial charge in [0.15, 0.2) is 5.78 Å². The van der Waals surface area contributed by atoms with Gasteiger partial charge in [0.1, 0.15) is 11.5 Å². The maximum atomic E-state index is 13.5. The van der Waals surface area contributed by atoms with Gasteiger partial charge in [-0.05, 0) is 48.7 Å². The van der Waals surface area contributed by atoms with Crippen molar-refractivity contribution in [2.45, 2.75) is 39.7 Å². The van der Waals surface area contributed by atoms with Crippen molar-refractivity contribution >= 4 is 17.4 Å². The molecule has 0 radical (unpaired) electrons. The average molecular weight is 420 g/mol. The molecule has 3 aromatic rings. The Balaban J connectivity index is 1.53. The van der Waals surface area contributed by atoms with Gasteiger partial charge >= 0.3 is 0 Å². The zero-order valence-electron chi connectivity index (χ0n) is 17.8. The van der Waals surface area contributed by atoms with Gasteiger partial charge in [0.05, 0.1) is 17.1 Å². The molecule has 4 rings (SSSR count). The molecule has 0 aliphatic carbocycles. The Morgan fingerprint density at radius 3 is 2.68 bits per heavy atom. The van der Waals surface area contributed by atoms with Crippen LogP contribution in [0.4, 0.5) is 10.1 Å². The lowest BCUT2D eigenvalue weighted by atomic mass is 9.98. The standard InChI is InChI=1S/C24H25FN4O2/c1-14-4-7-18(25)12-20(14)24(31)27-13-17-5-8-19(9-6-17)29-23(16(3)30)22-21(28-29)15(2)10-11-26-22/h4-9,12,15,26H,10-11,13H2,1-3H3,(H,27,31). The van der Waals surface area contributed by atoms with Crippen molar-refractivity contribution in [1.82, 2.24) is 15.1 Å². The summed E-state index contributed by atoms with van der Waals surface area (Å²) in [4.78, 5) is 24.7. The summed E-state index contributed by atoms with van der Waals surface area (Å²) < 4.78 is 15.2. The van der Waals surface area contributed by atoms with Crippen LogP contribution in [-0.4, -0.2) is 28.0 Å². The van der Waals surface area contributed by atoms with Crippen molar-refractivity contribution in [3.8, 4) is 5.69 Å². The first-order valence-electron chi connectivity index (χ1n) is 10.4. The monoisotopic (exact) mass is 420 g/mol. The number of fused-ring (bicyclic) bond motifs is 1. The van der Waals surface area contributed by atoms with Crippen molar-refractivity contribution in [2.75, 3.05) is 11.9 Å². The molecule has 2 aromatic carbocycles. The number of aromatic nitrogens is 2. The molecule has 2 heterocycles. The fraction of sp³-hybridized carbons (Fsp3) is 0.292. The number of Topliss-reactive ketones (excluding diaryl/α,β-unsaturated/α-hetero) is 1. The summed E-state index contributed by atoms with van der Waals surface area (Å²) in [6.07, 6.45) is 0.977. The first-order valence-corrected chi connectivity index (χ1v) is 10.4. The van der Waals surface area contributed by atoms with Crippen LogP contribution in [0.3, 0.4) is 0 Å². The average Bonchev–Trinajstić information content (AvgIpc) is 3.15. The molecule has 7 heteroatoms. The Morgan fingerprint density at radius 2 is 1.97 bits per heavy atom. The molecule has 6 nitrogen and oxygen atoms in total. The molecule has 31 heavy (non-hydrogen) atoms. The number of aryl methyl sites for hydroxylation is 1. The van der Waals surface area contributed by atoms with Crippen molar-refractivity contribution in [1.29, 1.82) is 0 Å². The smallest absolute Gasteiger partial charge is 0.251 e. The van der Waals surface area contributed by atoms with E-state index in [-0.39, 0.29) is 17.6 Å². The Labute approximate surface area is 180 Å². The maximum absolute atomic E-state index is 13.5. The van der Waals surface area contributed by atoms with Gasteiger partial charge in [0, 0.05) is 31.5 Å². The lowest BCUT2D eigenvalue weighted by Crippen LogP contribution is -2.23. The molecule has 1 aliphatic rings. The number of anilines is 1. The first kappa shape index (κ1) is 20.8. The highest BCUT2D eigenvalue weighted by Crippen LogP contribution is 2.34. The summed E-state index contributed by atoms with van der Waals surface area (Å²) in [6, 6.07) is 11.7. The number of hydrogen-bond acceptors (Lipinski definition) is 4. The summed E-state index contributed by atoms with van der Waals surface area (Å²) in [7, 11) is 0. The van der Waals surface area contributed by atoms with Crippen LogP contribution in [0.1, 0.15) is 63.9 Å². The first-order chi connectivity index (χ1) is 14.8. The Bertz CT molecular complexity index is 1150. The van der Waals surface area contributed by atoms with E-state index in [1.807, 2.05) is 24.3 Å². The molecule has 1 amide bonds. The molecule has 1 atom stereocenters. The van der Waals surface area contributed by atoms with E-state index < -0.39 is 5.82 Å². The van der Waals surface area contributed by atoms with Gasteiger partial charge in [-0.15, -0.1) is 0 Å². The number of nitrogens with one attached hydrogen (secondary N) is 2. The molecule has 0 fully saturated rings. The van der Waals surface area contributed by atoms with Gasteiger partial charge < -0.3 is 10.6 Å². The van der Waals surface area contributed by atoms with E-state index in [1.165, 1.54) is 12.1 Å². The summed E-state index contributed by atoms with van der Waals surface area (Å²) in [5, 5.41) is 10.9. The zero-order valence-corrected chi connectivity index (χ0v) is 17.8. The molecule has 0 saturated carbocycles. The predicted octanol–water partition coefficient (Wildman–Crippen LogP) is 4.37. The normalized spacial score (nSPS) is 15.2. The molecule has 160 valence electrons. The number of hydrogen-bond donors (Lipinski definition) is 2. The van der Waals surface area contributed by atoms with E-state index in [0.717, 1.165) is 41.2 Å². The highest BCUT2D eigenvalue weighted by molar-refractivity contribution is 5.99. The van der Waals surface area contributed by atoms with Crippen LogP contribution in [0.25, 0.3) is 5.69 Å². The highest BCUT2D eigenvalue weighted by atomic mass is 19.1. The summed E-state index contributed by atoms with van der Waals surface area (Å²) in [5.74, 6) is -0.514. The number of halogens is 1. The van der Waals surface area contributed by atoms with Gasteiger partial charge in [-0.1, -0.05) is 25.1 Å². The van der Waals surface area contributed by atoms with Crippen LogP contribution in [0, 0.1) is 12.7 Å². The van der Waals surface area contributed by atoms with E-state index in [9.17, 15) is 14.0 Å². The van der Waals surface area contributed by atoms with Gasteiger partial charge in [-0.2, -0.15) is 5.10 Å². The van der Waals surface area contributed by atoms with Crippen LogP contribution >= 0.6 is 0 Å². The van der Waals surface area contributed by atoms with Gasteiger partial charge in [-0.3, -0.25) is 9.59 Å². The van der Waals surface area contributed by atoms with Crippen LogP contribution in [0.5, 0.6) is 0 Å². The number of carbonyl (C=O) groups excluding carboxylic acids is 2. The van der Waals surface area contributed by atoms with Gasteiger partial charge in [0.25, 0.3) is 5.91 Å². The lowest BCUT2D eigenvalue weighted by molar-refractivity contribution is 0.0948. The fourth-order valence-electron chi connectivity index (χ4n) is 3.89. The van der Waals surface area contributed by atoms with E-state index in [4.69, 9.17) is 5.10 Å². The minimum Gasteiger partial charge on any atom is -0.382 e. The number of benzene rings is 2. The van der Waals surface area contributed by atoms with Crippen LogP contribution in [-0.2, 0) is 6.54 Å². The van der Waals surface area contributed by atoms with E-state index in [1.54, 1.807) is 24.6 Å². The molecule has 0 bridgehead atoms. The third-order valence-corrected chi connectivity index (χ3v) is 5.67. The number of nitrogens with zero attached hydrogens (tertiary/aromatic N) is 2. The number of rotatable bonds is 5. The second kappa shape index (κ2) is 8.34. The minimum absolute atomic E-state index is 0.0443. The third-order valence-electron chi connectivity index (χ3n) is 5.67. The lowest BCUT2D eigenvalue weighted by Gasteiger charge is -2.18. The maximum Gasteiger partial charge on any atom is 0.251 e. The zero-order chi connectivity index (χ0) is 22.1. The van der Waals surface area contributed by atoms with Gasteiger partial charge in [-0.25, -0.2) is 9.07 Å². The topological polar surface area (TPSA) is 76.0 Å². The quantitative estimate of drug-likeness (QED) is 0.601. The van der Waals surface area contributed by atoms with E-state index in [0.29, 0.717) is 17.8 Å². The molecule has 0 spiro atoms. The summed E-state index contributed by atoms with van der Waals surface area (Å²) >= 11 is 0. The molecular formula is C24H25FN4O2. The van der Waals surface area contributed by atoms with Crippen LogP contribution in [0.2, 0.25) is 0 Å². The molecule has 1 aliphatic heterocycles. The highest BCUT2D eigenvalue weighted by Gasteiger charge is 2.27. The third kappa shape index (κ3) is 4.08. The van der Waals surface area contributed by atoms with Crippen LogP contribution < -0.4 is 10.6 Å². The fourth-order valence-corrected chi connectivity index (χ4v) is 3.89. The van der Waals surface area contributed by atoms with Gasteiger partial charge in [0.2, 0.25) is 0 Å². The molecule has 1 unspecified atom stereocenters. The number of amides is 1. The number of carbonyl (C=O) groups is 2.